The SMILES string of the molecule is C[Si](C)(C)[N-][Si](C)(C)C.Cl.[Na+]. The maximum absolute atomic E-state index is 4.82. The van der Waals surface area contributed by atoms with Crippen molar-refractivity contribution >= 4 is 28.9 Å². The first-order valence-electron chi connectivity index (χ1n) is 3.45. The predicted octanol–water partition coefficient (Wildman–Crippen LogP) is 0.456. The van der Waals surface area contributed by atoms with Crippen molar-refractivity contribution in [2.45, 2.75) is 39.3 Å². The van der Waals surface area contributed by atoms with E-state index in [0.717, 1.165) is 0 Å². The van der Waals surface area contributed by atoms with Gasteiger partial charge in [0, 0.05) is 0 Å². The second-order valence-corrected chi connectivity index (χ2v) is 14.0. The summed E-state index contributed by atoms with van der Waals surface area (Å²) >= 11 is 0. The summed E-state index contributed by atoms with van der Waals surface area (Å²) in [4.78, 5) is 0. The van der Waals surface area contributed by atoms with E-state index in [-0.39, 0.29) is 42.0 Å². The van der Waals surface area contributed by atoms with Crippen LogP contribution in [0, 0.1) is 0 Å². The van der Waals surface area contributed by atoms with Gasteiger partial charge in [0.2, 0.25) is 0 Å². The van der Waals surface area contributed by atoms with E-state index in [1.54, 1.807) is 0 Å². The van der Waals surface area contributed by atoms with Crippen LogP contribution >= 0.6 is 12.4 Å². The monoisotopic (exact) mass is 219 g/mol. The van der Waals surface area contributed by atoms with E-state index >= 15 is 0 Å². The Morgan fingerprint density at radius 2 is 0.909 bits per heavy atom. The van der Waals surface area contributed by atoms with E-state index in [1.807, 2.05) is 0 Å². The van der Waals surface area contributed by atoms with Crippen LogP contribution < -0.4 is 29.6 Å². The average molecular weight is 220 g/mol. The number of hydrogen-bond donors (Lipinski definition) is 0. The minimum Gasteiger partial charge on any atom is -0.668 e. The molecule has 64 valence electrons. The number of hydrogen-bond acceptors (Lipinski definition) is 0. The van der Waals surface area contributed by atoms with Crippen LogP contribution in [0.5, 0.6) is 0 Å². The minimum absolute atomic E-state index is 0. The van der Waals surface area contributed by atoms with Gasteiger partial charge >= 0.3 is 29.6 Å². The average Bonchev–Trinajstić information content (AvgIpc) is 1.14. The molecule has 0 aliphatic heterocycles. The molecule has 5 heteroatoms. The Morgan fingerprint density at radius 1 is 0.727 bits per heavy atom. The summed E-state index contributed by atoms with van der Waals surface area (Å²) in [5.41, 5.74) is 0. The van der Waals surface area contributed by atoms with Crippen LogP contribution in [-0.2, 0) is 0 Å². The zero-order valence-electron chi connectivity index (χ0n) is 8.86. The molecule has 0 aromatic rings. The molecule has 0 rings (SSSR count). The fourth-order valence-electron chi connectivity index (χ4n) is 1.01. The fourth-order valence-corrected chi connectivity index (χ4v) is 9.06. The minimum atomic E-state index is -1.11. The van der Waals surface area contributed by atoms with Crippen molar-refractivity contribution in [3.63, 3.8) is 0 Å². The molecule has 1 nitrogen and oxygen atoms in total. The molecule has 0 spiro atoms. The Bertz CT molecular complexity index is 85.7. The van der Waals surface area contributed by atoms with Crippen molar-refractivity contribution in [2.75, 3.05) is 0 Å². The van der Waals surface area contributed by atoms with Crippen LogP contribution in [0.1, 0.15) is 0 Å². The first-order chi connectivity index (χ1) is 3.71. The van der Waals surface area contributed by atoms with Crippen LogP contribution in [-0.4, -0.2) is 16.5 Å². The van der Waals surface area contributed by atoms with Crippen LogP contribution in [0.25, 0.3) is 4.65 Å². The fraction of sp³-hybridized carbons (Fsp3) is 1.00. The van der Waals surface area contributed by atoms with E-state index < -0.39 is 16.5 Å². The van der Waals surface area contributed by atoms with Gasteiger partial charge in [0.25, 0.3) is 0 Å². The van der Waals surface area contributed by atoms with Gasteiger partial charge in [-0.05, 0) is 0 Å². The van der Waals surface area contributed by atoms with Gasteiger partial charge in [-0.1, -0.05) is 55.8 Å². The molecule has 0 aliphatic rings. The molecule has 0 amide bonds. The van der Waals surface area contributed by atoms with E-state index in [0.29, 0.717) is 0 Å². The molecular weight excluding hydrogens is 201 g/mol. The number of halogens is 1. The topological polar surface area (TPSA) is 14.1 Å². The van der Waals surface area contributed by atoms with Crippen molar-refractivity contribution in [1.82, 2.24) is 0 Å². The molecule has 0 radical (unpaired) electrons. The zero-order valence-corrected chi connectivity index (χ0v) is 13.7. The van der Waals surface area contributed by atoms with Crippen molar-refractivity contribution in [1.29, 1.82) is 0 Å². The third-order valence-corrected chi connectivity index (χ3v) is 6.04. The third-order valence-electron chi connectivity index (χ3n) is 0.671. The Morgan fingerprint density at radius 3 is 0.909 bits per heavy atom. The summed E-state index contributed by atoms with van der Waals surface area (Å²) in [6, 6.07) is 0. The molecule has 0 saturated carbocycles. The predicted molar refractivity (Wildman–Crippen MR) is 57.3 cm³/mol. The molecule has 0 atom stereocenters. The van der Waals surface area contributed by atoms with Crippen LogP contribution in [0.4, 0.5) is 0 Å². The van der Waals surface area contributed by atoms with Gasteiger partial charge in [0.05, 0.1) is 0 Å². The molecule has 0 saturated heterocycles. The molecule has 0 heterocycles. The summed E-state index contributed by atoms with van der Waals surface area (Å²) in [6.07, 6.45) is 0. The third kappa shape index (κ3) is 18.6. The summed E-state index contributed by atoms with van der Waals surface area (Å²) in [7, 11) is -2.21. The normalized spacial score (nSPS) is 11.5. The smallest absolute Gasteiger partial charge is 0.668 e. The van der Waals surface area contributed by atoms with Crippen molar-refractivity contribution < 1.29 is 29.6 Å². The Balaban J connectivity index is -0.000000320. The molecule has 0 aliphatic carbocycles. The summed E-state index contributed by atoms with van der Waals surface area (Å²) in [5, 5.41) is 0. The summed E-state index contributed by atoms with van der Waals surface area (Å²) < 4.78 is 4.82. The number of rotatable bonds is 2. The molecule has 0 aromatic heterocycles. The molecule has 0 bridgehead atoms. The maximum atomic E-state index is 4.82. The van der Waals surface area contributed by atoms with Gasteiger partial charge in [0.1, 0.15) is 0 Å². The Kier molecular flexibility index (Phi) is 10.4. The largest absolute Gasteiger partial charge is 1.00 e. The molecule has 11 heavy (non-hydrogen) atoms. The van der Waals surface area contributed by atoms with Crippen molar-refractivity contribution in [3.8, 4) is 0 Å². The zero-order chi connectivity index (χ0) is 7.71. The second-order valence-electron chi connectivity index (χ2n) is 4.45. The molecule has 0 N–H and O–H groups in total. The molecular formula is C6H19ClNNaSi2. The van der Waals surface area contributed by atoms with Gasteiger partial charge in [-0.2, -0.15) is 0 Å². The van der Waals surface area contributed by atoms with E-state index in [2.05, 4.69) is 39.3 Å². The van der Waals surface area contributed by atoms with Gasteiger partial charge in [0.15, 0.2) is 0 Å². The van der Waals surface area contributed by atoms with Crippen molar-refractivity contribution in [2.24, 2.45) is 0 Å². The summed E-state index contributed by atoms with van der Waals surface area (Å²) in [5.74, 6) is 0. The van der Waals surface area contributed by atoms with Crippen LogP contribution in [0.15, 0.2) is 0 Å². The first-order valence-corrected chi connectivity index (χ1v) is 10.3. The van der Waals surface area contributed by atoms with Crippen molar-refractivity contribution in [3.05, 3.63) is 4.65 Å². The molecule has 0 unspecified atom stereocenters. The van der Waals surface area contributed by atoms with E-state index in [4.69, 9.17) is 4.65 Å². The van der Waals surface area contributed by atoms with Crippen LogP contribution in [0.3, 0.4) is 0 Å². The van der Waals surface area contributed by atoms with Gasteiger partial charge in [-0.25, -0.2) is 0 Å². The molecule has 0 aromatic carbocycles. The second kappa shape index (κ2) is 6.19. The Hall–Kier alpha value is 1.68. The maximum Gasteiger partial charge on any atom is 1.00 e. The quantitative estimate of drug-likeness (QED) is 0.600. The van der Waals surface area contributed by atoms with Gasteiger partial charge in [-0.15, -0.1) is 12.4 Å². The summed E-state index contributed by atoms with van der Waals surface area (Å²) in [6.45, 7) is 13.8. The standard InChI is InChI=1S/C6H18NSi2.ClH.Na/c1-8(2,3)7-9(4,5)6;;/h1-6H3;1H;/q-1;;+1. The first kappa shape index (κ1) is 18.5. The van der Waals surface area contributed by atoms with Crippen LogP contribution in [0.2, 0.25) is 39.3 Å². The van der Waals surface area contributed by atoms with Gasteiger partial charge in [-0.3, -0.25) is 0 Å². The van der Waals surface area contributed by atoms with E-state index in [9.17, 15) is 0 Å². The van der Waals surface area contributed by atoms with Gasteiger partial charge < -0.3 is 4.65 Å². The molecule has 0 fully saturated rings. The Labute approximate surface area is 102 Å². The van der Waals surface area contributed by atoms with E-state index in [1.165, 1.54) is 0 Å². The number of nitrogens with zero attached hydrogens (tertiary/aromatic N) is 1.